The Morgan fingerprint density at radius 3 is 2.25 bits per heavy atom. The molecule has 1 aromatic carbocycles. The summed E-state index contributed by atoms with van der Waals surface area (Å²) >= 11 is 0. The zero-order chi connectivity index (χ0) is 12.3. The second kappa shape index (κ2) is 5.11. The number of aryl methyl sites for hydroxylation is 1. The topological polar surface area (TPSA) is 0 Å². The van der Waals surface area contributed by atoms with E-state index in [1.807, 2.05) is 52.8 Å². The lowest BCUT2D eigenvalue weighted by molar-refractivity contribution is 0.616. The first-order valence-electron chi connectivity index (χ1n) is 5.54. The molecule has 0 saturated heterocycles. The monoisotopic (exact) mass is 218 g/mol. The van der Waals surface area contributed by atoms with Crippen molar-refractivity contribution in [3.8, 4) is 0 Å². The fourth-order valence-electron chi connectivity index (χ4n) is 1.69. The van der Waals surface area contributed by atoms with E-state index in [-0.39, 0.29) is 5.82 Å². The van der Waals surface area contributed by atoms with Crippen LogP contribution in [0.5, 0.6) is 0 Å². The molecule has 0 N–H and O–H groups in total. The van der Waals surface area contributed by atoms with E-state index in [2.05, 4.69) is 0 Å². The van der Waals surface area contributed by atoms with Crippen LogP contribution in [0.3, 0.4) is 0 Å². The second-order valence-corrected chi connectivity index (χ2v) is 4.31. The molecule has 0 nitrogen and oxygen atoms in total. The average Bonchev–Trinajstić information content (AvgIpc) is 2.21. The van der Waals surface area contributed by atoms with Crippen molar-refractivity contribution in [3.63, 3.8) is 0 Å². The van der Waals surface area contributed by atoms with Crippen LogP contribution in [0.4, 0.5) is 4.39 Å². The summed E-state index contributed by atoms with van der Waals surface area (Å²) in [6.07, 6.45) is 4.01. The van der Waals surface area contributed by atoms with Crippen molar-refractivity contribution in [2.45, 2.75) is 34.6 Å². The Kier molecular flexibility index (Phi) is 4.05. The molecule has 0 aliphatic rings. The molecule has 0 aliphatic carbocycles. The van der Waals surface area contributed by atoms with Gasteiger partial charge in [0.05, 0.1) is 0 Å². The second-order valence-electron chi connectivity index (χ2n) is 4.31. The highest BCUT2D eigenvalue weighted by Crippen LogP contribution is 2.24. The third kappa shape index (κ3) is 2.60. The van der Waals surface area contributed by atoms with Crippen LogP contribution in [-0.4, -0.2) is 0 Å². The molecule has 0 atom stereocenters. The molecule has 1 aromatic rings. The van der Waals surface area contributed by atoms with Crippen LogP contribution in [0, 0.1) is 19.7 Å². The molecule has 0 spiro atoms. The van der Waals surface area contributed by atoms with Crippen molar-refractivity contribution in [1.29, 1.82) is 0 Å². The molecular formula is C15H19F. The van der Waals surface area contributed by atoms with Crippen LogP contribution in [0.1, 0.15) is 37.5 Å². The maximum absolute atomic E-state index is 13.7. The molecule has 1 rings (SSSR count). The molecule has 86 valence electrons. The lowest BCUT2D eigenvalue weighted by Crippen LogP contribution is -1.92. The number of halogens is 1. The summed E-state index contributed by atoms with van der Waals surface area (Å²) < 4.78 is 13.7. The van der Waals surface area contributed by atoms with Crippen LogP contribution in [0.2, 0.25) is 0 Å². The summed E-state index contributed by atoms with van der Waals surface area (Å²) in [5, 5.41) is 0. The summed E-state index contributed by atoms with van der Waals surface area (Å²) in [5.41, 5.74) is 4.99. The summed E-state index contributed by atoms with van der Waals surface area (Å²) in [6, 6.07) is 3.66. The van der Waals surface area contributed by atoms with Gasteiger partial charge in [0, 0.05) is 0 Å². The fourth-order valence-corrected chi connectivity index (χ4v) is 1.69. The van der Waals surface area contributed by atoms with Crippen LogP contribution < -0.4 is 0 Å². The number of benzene rings is 1. The molecular weight excluding hydrogens is 199 g/mol. The van der Waals surface area contributed by atoms with E-state index in [9.17, 15) is 4.39 Å². The molecule has 16 heavy (non-hydrogen) atoms. The third-order valence-corrected chi connectivity index (χ3v) is 2.79. The summed E-state index contributed by atoms with van der Waals surface area (Å²) in [5.74, 6) is -0.127. The normalized spacial score (nSPS) is 10.9. The molecule has 0 bridgehead atoms. The van der Waals surface area contributed by atoms with Gasteiger partial charge < -0.3 is 0 Å². The van der Waals surface area contributed by atoms with Crippen molar-refractivity contribution in [2.75, 3.05) is 0 Å². The van der Waals surface area contributed by atoms with E-state index in [1.54, 1.807) is 6.07 Å². The Morgan fingerprint density at radius 2 is 1.81 bits per heavy atom. The Bertz CT molecular complexity index is 423. The van der Waals surface area contributed by atoms with Gasteiger partial charge in [0.2, 0.25) is 0 Å². The average molecular weight is 218 g/mol. The van der Waals surface area contributed by atoms with Crippen molar-refractivity contribution in [3.05, 3.63) is 52.4 Å². The quantitative estimate of drug-likeness (QED) is 0.625. The number of hydrogen-bond donors (Lipinski definition) is 0. The Labute approximate surface area is 97.5 Å². The van der Waals surface area contributed by atoms with E-state index in [1.165, 1.54) is 5.57 Å². The molecule has 0 saturated carbocycles. The van der Waals surface area contributed by atoms with E-state index in [0.29, 0.717) is 0 Å². The highest BCUT2D eigenvalue weighted by atomic mass is 19.1. The van der Waals surface area contributed by atoms with Crippen LogP contribution in [0.15, 0.2) is 29.9 Å². The van der Waals surface area contributed by atoms with Crippen molar-refractivity contribution < 1.29 is 4.39 Å². The van der Waals surface area contributed by atoms with Crippen LogP contribution in [-0.2, 0) is 0 Å². The van der Waals surface area contributed by atoms with E-state index < -0.39 is 0 Å². The van der Waals surface area contributed by atoms with Gasteiger partial charge in [-0.05, 0) is 62.9 Å². The molecule has 0 amide bonds. The van der Waals surface area contributed by atoms with E-state index in [0.717, 1.165) is 22.3 Å². The standard InChI is InChI=1S/C15H19F/c1-6-7-14(10(2)3)13-8-11(4)12(5)15(16)9-13/h6-9H,1-5H3/b7-6-. The molecule has 0 aliphatic heterocycles. The van der Waals surface area contributed by atoms with Gasteiger partial charge >= 0.3 is 0 Å². The molecule has 0 radical (unpaired) electrons. The maximum Gasteiger partial charge on any atom is 0.126 e. The highest BCUT2D eigenvalue weighted by molar-refractivity contribution is 5.76. The van der Waals surface area contributed by atoms with E-state index >= 15 is 0 Å². The number of hydrogen-bond acceptors (Lipinski definition) is 0. The van der Waals surface area contributed by atoms with Gasteiger partial charge in [-0.1, -0.05) is 23.8 Å². The largest absolute Gasteiger partial charge is 0.207 e. The highest BCUT2D eigenvalue weighted by Gasteiger charge is 2.06. The van der Waals surface area contributed by atoms with Crippen molar-refractivity contribution >= 4 is 5.57 Å². The van der Waals surface area contributed by atoms with Crippen LogP contribution >= 0.6 is 0 Å². The van der Waals surface area contributed by atoms with Crippen molar-refractivity contribution in [2.24, 2.45) is 0 Å². The van der Waals surface area contributed by atoms with Gasteiger partial charge in [0.15, 0.2) is 0 Å². The molecule has 0 aromatic heterocycles. The maximum atomic E-state index is 13.7. The smallest absolute Gasteiger partial charge is 0.126 e. The zero-order valence-corrected chi connectivity index (χ0v) is 10.7. The SMILES string of the molecule is C/C=C\C(=C(C)C)c1cc(C)c(C)c(F)c1. The zero-order valence-electron chi connectivity index (χ0n) is 10.7. The first-order valence-corrected chi connectivity index (χ1v) is 5.54. The Balaban J connectivity index is 3.39. The Hall–Kier alpha value is -1.37. The predicted molar refractivity (Wildman–Crippen MR) is 69.0 cm³/mol. The van der Waals surface area contributed by atoms with Gasteiger partial charge in [-0.3, -0.25) is 0 Å². The lowest BCUT2D eigenvalue weighted by Gasteiger charge is -2.09. The number of rotatable bonds is 2. The fraction of sp³-hybridized carbons (Fsp3) is 0.333. The Morgan fingerprint density at radius 1 is 1.19 bits per heavy atom. The van der Waals surface area contributed by atoms with Crippen LogP contribution in [0.25, 0.3) is 5.57 Å². The van der Waals surface area contributed by atoms with Crippen molar-refractivity contribution in [1.82, 2.24) is 0 Å². The minimum atomic E-state index is -0.127. The van der Waals surface area contributed by atoms with Gasteiger partial charge in [0.1, 0.15) is 5.82 Å². The predicted octanol–water partition coefficient (Wildman–Crippen LogP) is 4.81. The minimum absolute atomic E-state index is 0.127. The summed E-state index contributed by atoms with van der Waals surface area (Å²) in [7, 11) is 0. The van der Waals surface area contributed by atoms with E-state index in [4.69, 9.17) is 0 Å². The summed E-state index contributed by atoms with van der Waals surface area (Å²) in [4.78, 5) is 0. The molecule has 0 fully saturated rings. The number of allylic oxidation sites excluding steroid dienone is 4. The van der Waals surface area contributed by atoms with Gasteiger partial charge in [-0.25, -0.2) is 4.39 Å². The lowest BCUT2D eigenvalue weighted by atomic mass is 9.97. The van der Waals surface area contributed by atoms with Gasteiger partial charge in [-0.15, -0.1) is 0 Å². The van der Waals surface area contributed by atoms with Gasteiger partial charge in [-0.2, -0.15) is 0 Å². The first kappa shape index (κ1) is 12.7. The first-order chi connectivity index (χ1) is 7.47. The summed E-state index contributed by atoms with van der Waals surface area (Å²) in [6.45, 7) is 9.82. The van der Waals surface area contributed by atoms with Gasteiger partial charge in [0.25, 0.3) is 0 Å². The molecule has 0 heterocycles. The third-order valence-electron chi connectivity index (χ3n) is 2.79. The molecule has 0 unspecified atom stereocenters. The minimum Gasteiger partial charge on any atom is -0.207 e. The molecule has 1 heteroatoms.